The fourth-order valence-electron chi connectivity index (χ4n) is 1.83. The summed E-state index contributed by atoms with van der Waals surface area (Å²) in [6.45, 7) is 0. The molecule has 1 aliphatic rings. The number of carbonyl (C=O) groups is 1. The maximum atomic E-state index is 12.0. The van der Waals surface area contributed by atoms with E-state index < -0.39 is 5.91 Å². The topological polar surface area (TPSA) is 74.6 Å². The van der Waals surface area contributed by atoms with Crippen molar-refractivity contribution in [1.29, 1.82) is 0 Å². The molecule has 7 heteroatoms. The summed E-state index contributed by atoms with van der Waals surface area (Å²) < 4.78 is 0.863. The molecule has 0 fully saturated rings. The highest BCUT2D eigenvalue weighted by Gasteiger charge is 2.26. The lowest BCUT2D eigenvalue weighted by atomic mass is 10.2. The van der Waals surface area contributed by atoms with Gasteiger partial charge in [0.2, 0.25) is 0 Å². The number of benzene rings is 1. The third kappa shape index (κ3) is 3.05. The fourth-order valence-corrected chi connectivity index (χ4v) is 3.04. The van der Waals surface area contributed by atoms with Crippen molar-refractivity contribution in [2.24, 2.45) is 4.99 Å². The van der Waals surface area contributed by atoms with Crippen molar-refractivity contribution in [2.45, 2.75) is 0 Å². The number of hydrogen-bond acceptors (Lipinski definition) is 5. The van der Waals surface area contributed by atoms with Crippen molar-refractivity contribution in [3.05, 3.63) is 63.7 Å². The van der Waals surface area contributed by atoms with Crippen LogP contribution >= 0.6 is 27.7 Å². The number of nitrogens with one attached hydrogen (secondary N) is 1. The predicted molar refractivity (Wildman–Crippen MR) is 91.6 cm³/mol. The number of para-hydroxylation sites is 1. The van der Waals surface area contributed by atoms with Crippen LogP contribution in [0.4, 0.5) is 5.69 Å². The summed E-state index contributed by atoms with van der Waals surface area (Å²) >= 11 is 4.52. The Hall–Kier alpha value is -2.12. The van der Waals surface area contributed by atoms with Crippen LogP contribution in [-0.2, 0) is 4.79 Å². The molecule has 0 aliphatic carbocycles. The van der Waals surface area contributed by atoms with Crippen LogP contribution in [0.15, 0.2) is 63.2 Å². The number of aromatic nitrogens is 1. The number of aliphatic hydroxyl groups excluding tert-OH is 1. The van der Waals surface area contributed by atoms with Crippen molar-refractivity contribution >= 4 is 50.2 Å². The predicted octanol–water partition coefficient (Wildman–Crippen LogP) is 3.81. The van der Waals surface area contributed by atoms with Crippen molar-refractivity contribution in [3.8, 4) is 0 Å². The number of halogens is 1. The van der Waals surface area contributed by atoms with Gasteiger partial charge in [-0.15, -0.1) is 0 Å². The van der Waals surface area contributed by atoms with Gasteiger partial charge in [-0.25, -0.2) is 0 Å². The molecule has 110 valence electrons. The van der Waals surface area contributed by atoms with Crippen LogP contribution in [0.5, 0.6) is 0 Å². The second-order valence-corrected chi connectivity index (χ2v) is 6.20. The lowest BCUT2D eigenvalue weighted by Crippen LogP contribution is -2.05. The van der Waals surface area contributed by atoms with Gasteiger partial charge in [-0.05, 0) is 52.0 Å². The summed E-state index contributed by atoms with van der Waals surface area (Å²) in [6.07, 6.45) is 3.11. The maximum absolute atomic E-state index is 12.0. The molecule has 1 aromatic heterocycles. The maximum Gasteiger partial charge on any atom is 0.290 e. The fraction of sp³-hybridized carbons (Fsp3) is 0. The van der Waals surface area contributed by atoms with Gasteiger partial charge in [0.15, 0.2) is 5.17 Å². The number of amidine groups is 1. The van der Waals surface area contributed by atoms with Crippen LogP contribution in [0.2, 0.25) is 0 Å². The van der Waals surface area contributed by atoms with Gasteiger partial charge in [-0.1, -0.05) is 12.1 Å². The lowest BCUT2D eigenvalue weighted by Gasteiger charge is -2.06. The highest BCUT2D eigenvalue weighted by molar-refractivity contribution is 9.10. The Balaban J connectivity index is 1.84. The van der Waals surface area contributed by atoms with Crippen LogP contribution in [0, 0.1) is 0 Å². The van der Waals surface area contributed by atoms with E-state index in [9.17, 15) is 9.90 Å². The average Bonchev–Trinajstić information content (AvgIpc) is 2.90. The van der Waals surface area contributed by atoms with Gasteiger partial charge in [0.25, 0.3) is 5.91 Å². The molecule has 5 nitrogen and oxygen atoms in total. The first-order valence-electron chi connectivity index (χ1n) is 6.31. The number of carbonyl (C=O) groups excluding carboxylic acids is 1. The Morgan fingerprint density at radius 3 is 2.64 bits per heavy atom. The Labute approximate surface area is 139 Å². The zero-order valence-electron chi connectivity index (χ0n) is 11.2. The summed E-state index contributed by atoms with van der Waals surface area (Å²) in [5.41, 5.74) is 1.33. The van der Waals surface area contributed by atoms with Gasteiger partial charge in [0, 0.05) is 22.4 Å². The quantitative estimate of drug-likeness (QED) is 0.616. The minimum Gasteiger partial charge on any atom is -0.506 e. The van der Waals surface area contributed by atoms with E-state index in [1.54, 1.807) is 24.5 Å². The third-order valence-corrected chi connectivity index (χ3v) is 4.53. The first-order chi connectivity index (χ1) is 10.6. The van der Waals surface area contributed by atoms with Gasteiger partial charge in [-0.3, -0.25) is 9.78 Å². The first-order valence-corrected chi connectivity index (χ1v) is 7.92. The molecule has 1 aromatic carbocycles. The summed E-state index contributed by atoms with van der Waals surface area (Å²) in [5.74, 6) is -0.557. The molecule has 2 N–H and O–H groups in total. The average molecular weight is 376 g/mol. The second kappa shape index (κ2) is 6.33. The second-order valence-electron chi connectivity index (χ2n) is 4.34. The molecular weight excluding hydrogens is 366 g/mol. The van der Waals surface area contributed by atoms with E-state index in [0.717, 1.165) is 21.9 Å². The molecule has 22 heavy (non-hydrogen) atoms. The molecule has 1 amide bonds. The van der Waals surface area contributed by atoms with Crippen LogP contribution in [0.1, 0.15) is 5.56 Å². The molecule has 0 unspecified atom stereocenters. The minimum atomic E-state index is -0.464. The number of anilines is 1. The molecule has 3 rings (SSSR count). The molecule has 0 saturated heterocycles. The van der Waals surface area contributed by atoms with E-state index in [2.05, 4.69) is 31.2 Å². The first kappa shape index (κ1) is 14.8. The highest BCUT2D eigenvalue weighted by Crippen LogP contribution is 2.33. The van der Waals surface area contributed by atoms with Crippen molar-refractivity contribution in [3.63, 3.8) is 0 Å². The molecule has 2 aromatic rings. The van der Waals surface area contributed by atoms with E-state index in [1.165, 1.54) is 0 Å². The molecule has 2 heterocycles. The highest BCUT2D eigenvalue weighted by atomic mass is 79.9. The molecule has 0 spiro atoms. The minimum absolute atomic E-state index is 0.0925. The number of aliphatic hydroxyl groups is 1. The van der Waals surface area contributed by atoms with E-state index in [1.807, 2.05) is 24.3 Å². The monoisotopic (exact) mass is 375 g/mol. The van der Waals surface area contributed by atoms with E-state index in [0.29, 0.717) is 10.7 Å². The molecule has 0 saturated carbocycles. The number of aliphatic imine (C=N–C) groups is 1. The zero-order valence-corrected chi connectivity index (χ0v) is 13.6. The smallest absolute Gasteiger partial charge is 0.290 e. The van der Waals surface area contributed by atoms with Gasteiger partial charge in [0.1, 0.15) is 10.7 Å². The van der Waals surface area contributed by atoms with Crippen LogP contribution in [-0.4, -0.2) is 21.2 Å². The SMILES string of the molecule is O=C1N=C(Nc2ccccc2Br)SC1=C(O)c1ccncc1. The number of thioether (sulfide) groups is 1. The summed E-state index contributed by atoms with van der Waals surface area (Å²) in [7, 11) is 0. The molecule has 0 bridgehead atoms. The largest absolute Gasteiger partial charge is 0.506 e. The molecule has 0 radical (unpaired) electrons. The van der Waals surface area contributed by atoms with Crippen LogP contribution in [0.25, 0.3) is 5.76 Å². The zero-order chi connectivity index (χ0) is 15.5. The van der Waals surface area contributed by atoms with Gasteiger partial charge in [-0.2, -0.15) is 4.99 Å². The lowest BCUT2D eigenvalue weighted by molar-refractivity contribution is -0.113. The van der Waals surface area contributed by atoms with Crippen LogP contribution < -0.4 is 5.32 Å². The van der Waals surface area contributed by atoms with Crippen molar-refractivity contribution in [1.82, 2.24) is 4.98 Å². The van der Waals surface area contributed by atoms with E-state index in [4.69, 9.17) is 0 Å². The number of amides is 1. The van der Waals surface area contributed by atoms with Crippen molar-refractivity contribution in [2.75, 3.05) is 5.32 Å². The van der Waals surface area contributed by atoms with Crippen molar-refractivity contribution < 1.29 is 9.90 Å². The van der Waals surface area contributed by atoms with Crippen LogP contribution in [0.3, 0.4) is 0 Å². The molecule has 0 atom stereocenters. The standard InChI is InChI=1S/C15H10BrN3O2S/c16-10-3-1-2-4-11(10)18-15-19-14(21)13(22-15)12(20)9-5-7-17-8-6-9/h1-8,20H,(H,18,19,21). The number of nitrogens with zero attached hydrogens (tertiary/aromatic N) is 2. The number of pyridine rings is 1. The summed E-state index contributed by atoms with van der Waals surface area (Å²) in [6, 6.07) is 10.8. The summed E-state index contributed by atoms with van der Waals surface area (Å²) in [5, 5.41) is 13.7. The molecular formula is C15H10BrN3O2S. The Morgan fingerprint density at radius 2 is 1.91 bits per heavy atom. The molecule has 1 aliphatic heterocycles. The normalized spacial score (nSPS) is 16.4. The third-order valence-electron chi connectivity index (χ3n) is 2.88. The number of hydrogen-bond donors (Lipinski definition) is 2. The van der Waals surface area contributed by atoms with E-state index in [-0.39, 0.29) is 10.7 Å². The Morgan fingerprint density at radius 1 is 1.18 bits per heavy atom. The van der Waals surface area contributed by atoms with E-state index >= 15 is 0 Å². The van der Waals surface area contributed by atoms with Gasteiger partial charge in [0.05, 0.1) is 5.69 Å². The Kier molecular flexibility index (Phi) is 4.26. The van der Waals surface area contributed by atoms with Gasteiger partial charge >= 0.3 is 0 Å². The van der Waals surface area contributed by atoms with Gasteiger partial charge < -0.3 is 10.4 Å². The number of rotatable bonds is 2. The Bertz CT molecular complexity index is 790. The summed E-state index contributed by atoms with van der Waals surface area (Å²) in [4.78, 5) is 20.0.